The van der Waals surface area contributed by atoms with Crippen LogP contribution in [0.5, 0.6) is 0 Å². The second-order valence-corrected chi connectivity index (χ2v) is 4.98. The molecule has 0 spiro atoms. The highest BCUT2D eigenvalue weighted by Crippen LogP contribution is 2.20. The molecule has 16 heavy (non-hydrogen) atoms. The van der Waals surface area contributed by atoms with Gasteiger partial charge in [-0.15, -0.1) is 0 Å². The van der Waals surface area contributed by atoms with Gasteiger partial charge in [-0.3, -0.25) is 4.90 Å². The van der Waals surface area contributed by atoms with E-state index in [-0.39, 0.29) is 19.0 Å². The lowest BCUT2D eigenvalue weighted by Crippen LogP contribution is -2.43. The minimum atomic E-state index is -1.04. The molecule has 2 atom stereocenters. The Morgan fingerprint density at radius 3 is 2.44 bits per heavy atom. The summed E-state index contributed by atoms with van der Waals surface area (Å²) < 4.78 is 5.12. The van der Waals surface area contributed by atoms with Crippen molar-refractivity contribution >= 4 is 12.1 Å². The number of carbonyl (C=O) groups excluding carboxylic acids is 1. The number of carboxylic acid groups (broad SMARTS) is 1. The van der Waals surface area contributed by atoms with E-state index in [2.05, 4.69) is 0 Å². The predicted octanol–water partition coefficient (Wildman–Crippen LogP) is 0.408. The molecule has 1 fully saturated rings. The number of aliphatic carboxylic acids is 1. The zero-order valence-electron chi connectivity index (χ0n) is 9.77. The highest BCUT2D eigenvalue weighted by Gasteiger charge is 2.40. The SMILES string of the molecule is CC(C)(C)OC(=O)N1CC(N)CC1C(=O)O. The second-order valence-electron chi connectivity index (χ2n) is 4.98. The fraction of sp³-hybridized carbons (Fsp3) is 0.800. The molecule has 0 bridgehead atoms. The molecule has 1 amide bonds. The highest BCUT2D eigenvalue weighted by molar-refractivity contribution is 5.81. The van der Waals surface area contributed by atoms with Gasteiger partial charge in [0.1, 0.15) is 11.6 Å². The molecule has 1 aliphatic heterocycles. The molecule has 3 N–H and O–H groups in total. The minimum absolute atomic E-state index is 0.228. The van der Waals surface area contributed by atoms with E-state index < -0.39 is 23.7 Å². The Bertz CT molecular complexity index is 298. The van der Waals surface area contributed by atoms with Gasteiger partial charge in [-0.1, -0.05) is 0 Å². The monoisotopic (exact) mass is 230 g/mol. The molecule has 1 saturated heterocycles. The van der Waals surface area contributed by atoms with Crippen molar-refractivity contribution in [3.63, 3.8) is 0 Å². The maximum absolute atomic E-state index is 11.7. The molecule has 0 saturated carbocycles. The molecule has 6 nitrogen and oxygen atoms in total. The third kappa shape index (κ3) is 3.10. The van der Waals surface area contributed by atoms with Gasteiger partial charge >= 0.3 is 12.1 Å². The number of hydrogen-bond acceptors (Lipinski definition) is 4. The van der Waals surface area contributed by atoms with E-state index in [1.54, 1.807) is 20.8 Å². The number of carbonyl (C=O) groups is 2. The van der Waals surface area contributed by atoms with Crippen molar-refractivity contribution in [2.75, 3.05) is 6.54 Å². The Morgan fingerprint density at radius 2 is 2.00 bits per heavy atom. The molecule has 1 heterocycles. The van der Waals surface area contributed by atoms with E-state index in [1.165, 1.54) is 4.90 Å². The van der Waals surface area contributed by atoms with Gasteiger partial charge < -0.3 is 15.6 Å². The lowest BCUT2D eigenvalue weighted by Gasteiger charge is -2.26. The van der Waals surface area contributed by atoms with Gasteiger partial charge in [0.05, 0.1) is 0 Å². The molecular formula is C10H18N2O4. The Balaban J connectivity index is 2.71. The average Bonchev–Trinajstić information content (AvgIpc) is 2.44. The fourth-order valence-electron chi connectivity index (χ4n) is 1.62. The summed E-state index contributed by atoms with van der Waals surface area (Å²) in [6.45, 7) is 5.43. The number of nitrogens with two attached hydrogens (primary N) is 1. The second kappa shape index (κ2) is 4.29. The van der Waals surface area contributed by atoms with E-state index in [0.717, 1.165) is 0 Å². The van der Waals surface area contributed by atoms with Crippen LogP contribution in [-0.2, 0) is 9.53 Å². The van der Waals surface area contributed by atoms with Gasteiger partial charge in [0.25, 0.3) is 0 Å². The summed E-state index contributed by atoms with van der Waals surface area (Å²) in [6, 6.07) is -1.17. The Labute approximate surface area is 94.3 Å². The first-order valence-corrected chi connectivity index (χ1v) is 5.18. The Hall–Kier alpha value is -1.30. The number of ether oxygens (including phenoxy) is 1. The quantitative estimate of drug-likeness (QED) is 0.680. The van der Waals surface area contributed by atoms with Crippen LogP contribution in [0.25, 0.3) is 0 Å². The van der Waals surface area contributed by atoms with Crippen LogP contribution in [0.15, 0.2) is 0 Å². The van der Waals surface area contributed by atoms with Gasteiger partial charge in [-0.05, 0) is 27.2 Å². The van der Waals surface area contributed by atoms with Gasteiger partial charge in [-0.2, -0.15) is 0 Å². The summed E-state index contributed by atoms with van der Waals surface area (Å²) in [7, 11) is 0. The number of rotatable bonds is 1. The molecule has 0 aromatic carbocycles. The zero-order chi connectivity index (χ0) is 12.5. The fourth-order valence-corrected chi connectivity index (χ4v) is 1.62. The van der Waals surface area contributed by atoms with Gasteiger partial charge in [0, 0.05) is 12.6 Å². The van der Waals surface area contributed by atoms with Crippen LogP contribution in [0.3, 0.4) is 0 Å². The van der Waals surface area contributed by atoms with Crippen molar-refractivity contribution in [3.05, 3.63) is 0 Å². The van der Waals surface area contributed by atoms with Crippen molar-refractivity contribution in [1.82, 2.24) is 4.90 Å². The largest absolute Gasteiger partial charge is 0.480 e. The van der Waals surface area contributed by atoms with Crippen LogP contribution in [0.1, 0.15) is 27.2 Å². The van der Waals surface area contributed by atoms with Crippen LogP contribution in [0, 0.1) is 0 Å². The normalized spacial score (nSPS) is 25.6. The van der Waals surface area contributed by atoms with E-state index in [4.69, 9.17) is 15.6 Å². The van der Waals surface area contributed by atoms with Crippen LogP contribution in [0.4, 0.5) is 4.79 Å². The predicted molar refractivity (Wildman–Crippen MR) is 57.0 cm³/mol. The number of nitrogens with zero attached hydrogens (tertiary/aromatic N) is 1. The standard InChI is InChI=1S/C10H18N2O4/c1-10(2,3)16-9(15)12-5-6(11)4-7(12)8(13)14/h6-7H,4-5,11H2,1-3H3,(H,13,14). The summed E-state index contributed by atoms with van der Waals surface area (Å²) in [5.74, 6) is -1.04. The van der Waals surface area contributed by atoms with Crippen LogP contribution in [-0.4, -0.2) is 46.3 Å². The molecule has 2 unspecified atom stereocenters. The number of likely N-dealkylation sites (tertiary alicyclic amines) is 1. The number of amides is 1. The Kier molecular flexibility index (Phi) is 3.42. The van der Waals surface area contributed by atoms with E-state index in [0.29, 0.717) is 0 Å². The van der Waals surface area contributed by atoms with Gasteiger partial charge in [0.2, 0.25) is 0 Å². The summed E-state index contributed by atoms with van der Waals surface area (Å²) in [5.41, 5.74) is 5.01. The summed E-state index contributed by atoms with van der Waals surface area (Å²) in [6.07, 6.45) is -0.345. The smallest absolute Gasteiger partial charge is 0.411 e. The molecule has 1 rings (SSSR count). The van der Waals surface area contributed by atoms with Crippen molar-refractivity contribution in [1.29, 1.82) is 0 Å². The van der Waals surface area contributed by atoms with Gasteiger partial charge in [-0.25, -0.2) is 9.59 Å². The summed E-state index contributed by atoms with van der Waals surface area (Å²) in [4.78, 5) is 23.8. The lowest BCUT2D eigenvalue weighted by molar-refractivity contribution is -0.142. The molecule has 0 aromatic rings. The maximum Gasteiger partial charge on any atom is 0.411 e. The first kappa shape index (κ1) is 12.8. The minimum Gasteiger partial charge on any atom is -0.480 e. The molecule has 1 aliphatic rings. The van der Waals surface area contributed by atoms with Crippen LogP contribution in [0.2, 0.25) is 0 Å². The van der Waals surface area contributed by atoms with E-state index in [9.17, 15) is 9.59 Å². The topological polar surface area (TPSA) is 92.9 Å². The van der Waals surface area contributed by atoms with Crippen molar-refractivity contribution in [2.45, 2.75) is 44.9 Å². The van der Waals surface area contributed by atoms with E-state index >= 15 is 0 Å². The van der Waals surface area contributed by atoms with Gasteiger partial charge in [0.15, 0.2) is 0 Å². The van der Waals surface area contributed by atoms with E-state index in [1.807, 2.05) is 0 Å². The summed E-state index contributed by atoms with van der Waals surface area (Å²) in [5, 5.41) is 8.94. The van der Waals surface area contributed by atoms with Crippen LogP contribution < -0.4 is 5.73 Å². The van der Waals surface area contributed by atoms with Crippen molar-refractivity contribution < 1.29 is 19.4 Å². The Morgan fingerprint density at radius 1 is 1.44 bits per heavy atom. The number of carboxylic acids is 1. The first-order chi connectivity index (χ1) is 7.20. The highest BCUT2D eigenvalue weighted by atomic mass is 16.6. The molecule has 0 aromatic heterocycles. The molecule has 0 aliphatic carbocycles. The van der Waals surface area contributed by atoms with Crippen molar-refractivity contribution in [2.24, 2.45) is 5.73 Å². The molecular weight excluding hydrogens is 212 g/mol. The maximum atomic E-state index is 11.7. The lowest BCUT2D eigenvalue weighted by atomic mass is 10.2. The average molecular weight is 230 g/mol. The van der Waals surface area contributed by atoms with Crippen molar-refractivity contribution in [3.8, 4) is 0 Å². The molecule has 92 valence electrons. The number of hydrogen-bond donors (Lipinski definition) is 2. The zero-order valence-corrected chi connectivity index (χ0v) is 9.77. The summed E-state index contributed by atoms with van der Waals surface area (Å²) >= 11 is 0. The molecule has 0 radical (unpaired) electrons. The molecule has 6 heteroatoms. The third-order valence-corrected chi connectivity index (χ3v) is 2.25. The third-order valence-electron chi connectivity index (χ3n) is 2.25. The first-order valence-electron chi connectivity index (χ1n) is 5.18. The van der Waals surface area contributed by atoms with Crippen LogP contribution >= 0.6 is 0 Å².